The van der Waals surface area contributed by atoms with Crippen LogP contribution in [0.5, 0.6) is 0 Å². The number of benzene rings is 1. The van der Waals surface area contributed by atoms with Crippen LogP contribution in [0.4, 0.5) is 0 Å². The van der Waals surface area contributed by atoms with E-state index >= 15 is 0 Å². The largest absolute Gasteiger partial charge is 0.357 e. The molecular weight excluding hydrogens is 324 g/mol. The van der Waals surface area contributed by atoms with Crippen molar-refractivity contribution in [1.29, 1.82) is 0 Å². The molecule has 0 aliphatic carbocycles. The van der Waals surface area contributed by atoms with Crippen molar-refractivity contribution in [2.45, 2.75) is 39.5 Å². The Morgan fingerprint density at radius 1 is 1.17 bits per heavy atom. The van der Waals surface area contributed by atoms with Gasteiger partial charge in [0.15, 0.2) is 5.96 Å². The van der Waals surface area contributed by atoms with E-state index in [1.54, 1.807) is 13.0 Å². The van der Waals surface area contributed by atoms with Crippen LogP contribution in [0.15, 0.2) is 28.1 Å². The molecule has 0 aliphatic heterocycles. The highest BCUT2D eigenvalue weighted by atomic mass is 32.2. The van der Waals surface area contributed by atoms with Gasteiger partial charge < -0.3 is 10.6 Å². The molecule has 1 rings (SSSR count). The first kappa shape index (κ1) is 20.4. The summed E-state index contributed by atoms with van der Waals surface area (Å²) >= 11 is 0. The predicted octanol–water partition coefficient (Wildman–Crippen LogP) is 1.79. The number of sulfonamides is 1. The van der Waals surface area contributed by atoms with Crippen molar-refractivity contribution < 1.29 is 8.42 Å². The SMILES string of the molecule is CCNC(=NCC(C)C)NCCNS(=O)(=O)c1cc(C)ccc1C. The lowest BCUT2D eigenvalue weighted by Gasteiger charge is -2.13. The minimum Gasteiger partial charge on any atom is -0.357 e. The lowest BCUT2D eigenvalue weighted by Crippen LogP contribution is -2.41. The fraction of sp³-hybridized carbons (Fsp3) is 0.588. The minimum atomic E-state index is -3.50. The van der Waals surface area contributed by atoms with Gasteiger partial charge in [-0.15, -0.1) is 0 Å². The van der Waals surface area contributed by atoms with Gasteiger partial charge in [-0.05, 0) is 43.9 Å². The van der Waals surface area contributed by atoms with Gasteiger partial charge in [-0.3, -0.25) is 4.99 Å². The van der Waals surface area contributed by atoms with Crippen LogP contribution in [0.3, 0.4) is 0 Å². The smallest absolute Gasteiger partial charge is 0.240 e. The average Bonchev–Trinajstić information content (AvgIpc) is 2.51. The van der Waals surface area contributed by atoms with Crippen molar-refractivity contribution in [1.82, 2.24) is 15.4 Å². The predicted molar refractivity (Wildman–Crippen MR) is 99.9 cm³/mol. The first-order chi connectivity index (χ1) is 11.3. The fourth-order valence-electron chi connectivity index (χ4n) is 2.06. The third-order valence-corrected chi connectivity index (χ3v) is 4.90. The van der Waals surface area contributed by atoms with E-state index in [0.717, 1.165) is 24.2 Å². The number of aryl methyl sites for hydroxylation is 2. The second-order valence-electron chi connectivity index (χ2n) is 6.21. The molecule has 0 heterocycles. The molecule has 0 spiro atoms. The van der Waals surface area contributed by atoms with E-state index in [2.05, 4.69) is 34.2 Å². The Morgan fingerprint density at radius 2 is 1.88 bits per heavy atom. The molecule has 0 atom stereocenters. The molecule has 0 radical (unpaired) electrons. The van der Waals surface area contributed by atoms with Crippen molar-refractivity contribution in [3.8, 4) is 0 Å². The molecule has 1 aromatic rings. The summed E-state index contributed by atoms with van der Waals surface area (Å²) in [6, 6.07) is 5.42. The molecule has 0 amide bonds. The van der Waals surface area contributed by atoms with Gasteiger partial charge in [0.1, 0.15) is 0 Å². The zero-order chi connectivity index (χ0) is 18.2. The van der Waals surface area contributed by atoms with E-state index in [1.807, 2.05) is 26.0 Å². The summed E-state index contributed by atoms with van der Waals surface area (Å²) in [5.74, 6) is 1.18. The van der Waals surface area contributed by atoms with E-state index in [1.165, 1.54) is 0 Å². The maximum atomic E-state index is 12.4. The summed E-state index contributed by atoms with van der Waals surface area (Å²) in [5.41, 5.74) is 1.67. The van der Waals surface area contributed by atoms with Crippen LogP contribution >= 0.6 is 0 Å². The Balaban J connectivity index is 2.59. The van der Waals surface area contributed by atoms with Gasteiger partial charge in [0.2, 0.25) is 10.0 Å². The van der Waals surface area contributed by atoms with Gasteiger partial charge in [-0.1, -0.05) is 26.0 Å². The van der Waals surface area contributed by atoms with Crippen LogP contribution in [0, 0.1) is 19.8 Å². The zero-order valence-corrected chi connectivity index (χ0v) is 16.1. The van der Waals surface area contributed by atoms with Crippen LogP contribution < -0.4 is 15.4 Å². The summed E-state index contributed by atoms with van der Waals surface area (Å²) in [6.45, 7) is 12.1. The van der Waals surface area contributed by atoms with Crippen molar-refractivity contribution in [3.05, 3.63) is 29.3 Å². The van der Waals surface area contributed by atoms with Crippen LogP contribution in [-0.4, -0.2) is 40.6 Å². The number of hydrogen-bond acceptors (Lipinski definition) is 3. The van der Waals surface area contributed by atoms with E-state index in [4.69, 9.17) is 0 Å². The molecular formula is C17H30N4O2S. The summed E-state index contributed by atoms with van der Waals surface area (Å²) < 4.78 is 27.4. The van der Waals surface area contributed by atoms with E-state index in [0.29, 0.717) is 29.9 Å². The highest BCUT2D eigenvalue weighted by Gasteiger charge is 2.16. The van der Waals surface area contributed by atoms with Crippen molar-refractivity contribution in [2.24, 2.45) is 10.9 Å². The zero-order valence-electron chi connectivity index (χ0n) is 15.3. The fourth-order valence-corrected chi connectivity index (χ4v) is 3.42. The molecule has 0 aromatic heterocycles. The van der Waals surface area contributed by atoms with E-state index in [9.17, 15) is 8.42 Å². The minimum absolute atomic E-state index is 0.293. The topological polar surface area (TPSA) is 82.6 Å². The van der Waals surface area contributed by atoms with Gasteiger partial charge >= 0.3 is 0 Å². The third kappa shape index (κ3) is 6.88. The second-order valence-corrected chi connectivity index (χ2v) is 7.94. The van der Waals surface area contributed by atoms with Crippen molar-refractivity contribution >= 4 is 16.0 Å². The average molecular weight is 355 g/mol. The summed E-state index contributed by atoms with van der Waals surface area (Å²) in [7, 11) is -3.50. The molecule has 24 heavy (non-hydrogen) atoms. The molecule has 0 unspecified atom stereocenters. The molecule has 136 valence electrons. The maximum Gasteiger partial charge on any atom is 0.240 e. The first-order valence-corrected chi connectivity index (χ1v) is 9.83. The number of hydrogen-bond donors (Lipinski definition) is 3. The van der Waals surface area contributed by atoms with Crippen LogP contribution in [-0.2, 0) is 10.0 Å². The van der Waals surface area contributed by atoms with Crippen molar-refractivity contribution in [3.63, 3.8) is 0 Å². The highest BCUT2D eigenvalue weighted by molar-refractivity contribution is 7.89. The van der Waals surface area contributed by atoms with Gasteiger partial charge in [-0.2, -0.15) is 0 Å². The van der Waals surface area contributed by atoms with Crippen LogP contribution in [0.2, 0.25) is 0 Å². The molecule has 0 aliphatic rings. The van der Waals surface area contributed by atoms with Crippen molar-refractivity contribution in [2.75, 3.05) is 26.2 Å². The lowest BCUT2D eigenvalue weighted by molar-refractivity contribution is 0.579. The Bertz CT molecular complexity index is 655. The first-order valence-electron chi connectivity index (χ1n) is 8.35. The molecule has 0 fully saturated rings. The quantitative estimate of drug-likeness (QED) is 0.378. The van der Waals surface area contributed by atoms with Crippen LogP contribution in [0.1, 0.15) is 31.9 Å². The second kappa shape index (κ2) is 9.64. The molecule has 0 bridgehead atoms. The standard InChI is InChI=1S/C17H30N4O2S/c1-6-18-17(20-12-13(2)3)19-9-10-21-24(22,23)16-11-14(4)7-8-15(16)5/h7-8,11,13,21H,6,9-10,12H2,1-5H3,(H2,18,19,20). The Morgan fingerprint density at radius 3 is 2.50 bits per heavy atom. The molecule has 1 aromatic carbocycles. The molecule has 0 saturated heterocycles. The number of aliphatic imine (C=N–C) groups is 1. The normalized spacial score (nSPS) is 12.5. The Labute approximate surface area is 146 Å². The molecule has 0 saturated carbocycles. The molecule has 3 N–H and O–H groups in total. The third-order valence-electron chi connectivity index (χ3n) is 3.30. The maximum absolute atomic E-state index is 12.4. The number of rotatable bonds is 8. The van der Waals surface area contributed by atoms with Gasteiger partial charge in [0.05, 0.1) is 4.90 Å². The van der Waals surface area contributed by atoms with E-state index < -0.39 is 10.0 Å². The van der Waals surface area contributed by atoms with Gasteiger partial charge in [0.25, 0.3) is 0 Å². The highest BCUT2D eigenvalue weighted by Crippen LogP contribution is 2.16. The molecule has 7 heteroatoms. The number of nitrogens with zero attached hydrogens (tertiary/aromatic N) is 1. The van der Waals surface area contributed by atoms with Gasteiger partial charge in [0, 0.05) is 26.2 Å². The monoisotopic (exact) mass is 354 g/mol. The lowest BCUT2D eigenvalue weighted by atomic mass is 10.2. The summed E-state index contributed by atoms with van der Waals surface area (Å²) in [5, 5.41) is 6.28. The summed E-state index contributed by atoms with van der Waals surface area (Å²) in [6.07, 6.45) is 0. The van der Waals surface area contributed by atoms with Crippen LogP contribution in [0.25, 0.3) is 0 Å². The van der Waals surface area contributed by atoms with E-state index in [-0.39, 0.29) is 0 Å². The van der Waals surface area contributed by atoms with Gasteiger partial charge in [-0.25, -0.2) is 13.1 Å². The number of nitrogens with one attached hydrogen (secondary N) is 3. The Hall–Kier alpha value is -1.60. The number of guanidine groups is 1. The summed E-state index contributed by atoms with van der Waals surface area (Å²) in [4.78, 5) is 4.78. The Kier molecular flexibility index (Phi) is 8.21. The molecule has 6 nitrogen and oxygen atoms in total.